The monoisotopic (exact) mass is 274 g/mol. The summed E-state index contributed by atoms with van der Waals surface area (Å²) < 4.78 is 5.58. The van der Waals surface area contributed by atoms with Gasteiger partial charge in [-0.1, -0.05) is 19.1 Å². The van der Waals surface area contributed by atoms with E-state index in [1.54, 1.807) is 0 Å². The summed E-state index contributed by atoms with van der Waals surface area (Å²) in [5.41, 5.74) is 2.85. The zero-order valence-corrected chi connectivity index (χ0v) is 12.5. The third-order valence-electron chi connectivity index (χ3n) is 4.50. The summed E-state index contributed by atoms with van der Waals surface area (Å²) in [4.78, 5) is 2.67. The number of nitrogens with zero attached hydrogens (tertiary/aromatic N) is 1. The molecule has 1 atom stereocenters. The number of hydrogen-bond acceptors (Lipinski definition) is 3. The Morgan fingerprint density at radius 1 is 1.35 bits per heavy atom. The quantitative estimate of drug-likeness (QED) is 0.861. The second-order valence-electron chi connectivity index (χ2n) is 5.97. The standard InChI is InChI=1S/C17H26N2O/c1-2-9-19(16-5-8-18-13-16)10-6-14-3-4-17-15(12-14)7-11-20-17/h3-4,12,16,18H,2,5-11,13H2,1H3. The molecule has 3 nitrogen and oxygen atoms in total. The van der Waals surface area contributed by atoms with E-state index in [0.717, 1.165) is 37.8 Å². The molecular weight excluding hydrogens is 248 g/mol. The fraction of sp³-hybridized carbons (Fsp3) is 0.647. The van der Waals surface area contributed by atoms with Gasteiger partial charge >= 0.3 is 0 Å². The van der Waals surface area contributed by atoms with Gasteiger partial charge in [-0.05, 0) is 49.5 Å². The molecule has 1 fully saturated rings. The van der Waals surface area contributed by atoms with Crippen LogP contribution in [0.5, 0.6) is 5.75 Å². The minimum atomic E-state index is 0.743. The minimum absolute atomic E-state index is 0.743. The van der Waals surface area contributed by atoms with E-state index in [0.29, 0.717) is 0 Å². The van der Waals surface area contributed by atoms with Gasteiger partial charge in [-0.2, -0.15) is 0 Å². The molecule has 1 saturated heterocycles. The van der Waals surface area contributed by atoms with Gasteiger partial charge in [0.05, 0.1) is 6.61 Å². The van der Waals surface area contributed by atoms with Crippen molar-refractivity contribution in [3.05, 3.63) is 29.3 Å². The van der Waals surface area contributed by atoms with Crippen molar-refractivity contribution in [1.29, 1.82) is 0 Å². The molecule has 1 N–H and O–H groups in total. The van der Waals surface area contributed by atoms with Crippen LogP contribution in [-0.4, -0.2) is 43.7 Å². The first-order valence-corrected chi connectivity index (χ1v) is 8.06. The van der Waals surface area contributed by atoms with E-state index in [4.69, 9.17) is 4.74 Å². The number of rotatable bonds is 6. The first kappa shape index (κ1) is 13.9. The van der Waals surface area contributed by atoms with Gasteiger partial charge in [0.15, 0.2) is 0 Å². The summed E-state index contributed by atoms with van der Waals surface area (Å²) in [7, 11) is 0. The van der Waals surface area contributed by atoms with Crippen molar-refractivity contribution in [3.63, 3.8) is 0 Å². The summed E-state index contributed by atoms with van der Waals surface area (Å²) in [6, 6.07) is 7.48. The Labute approximate surface area is 122 Å². The lowest BCUT2D eigenvalue weighted by atomic mass is 10.1. The summed E-state index contributed by atoms with van der Waals surface area (Å²) in [5.74, 6) is 1.10. The Balaban J connectivity index is 1.58. The highest BCUT2D eigenvalue weighted by Gasteiger charge is 2.21. The van der Waals surface area contributed by atoms with Crippen molar-refractivity contribution >= 4 is 0 Å². The first-order valence-electron chi connectivity index (χ1n) is 8.06. The molecule has 0 amide bonds. The zero-order chi connectivity index (χ0) is 13.8. The average molecular weight is 274 g/mol. The molecule has 0 spiro atoms. The van der Waals surface area contributed by atoms with Crippen LogP contribution in [0.3, 0.4) is 0 Å². The zero-order valence-electron chi connectivity index (χ0n) is 12.5. The average Bonchev–Trinajstić information content (AvgIpc) is 3.13. The Morgan fingerprint density at radius 2 is 2.30 bits per heavy atom. The van der Waals surface area contributed by atoms with Crippen molar-refractivity contribution in [2.24, 2.45) is 0 Å². The van der Waals surface area contributed by atoms with Crippen LogP contribution >= 0.6 is 0 Å². The van der Waals surface area contributed by atoms with Crippen molar-refractivity contribution in [2.45, 2.75) is 38.6 Å². The molecule has 2 aliphatic rings. The predicted octanol–water partition coefficient (Wildman–Crippen LogP) is 2.24. The lowest BCUT2D eigenvalue weighted by molar-refractivity contribution is 0.211. The smallest absolute Gasteiger partial charge is 0.122 e. The van der Waals surface area contributed by atoms with E-state index in [1.165, 1.54) is 43.6 Å². The van der Waals surface area contributed by atoms with Gasteiger partial charge in [0, 0.05) is 25.6 Å². The normalized spacial score (nSPS) is 21.2. The van der Waals surface area contributed by atoms with Gasteiger partial charge in [0.2, 0.25) is 0 Å². The fourth-order valence-corrected chi connectivity index (χ4v) is 3.38. The Hall–Kier alpha value is -1.06. The lowest BCUT2D eigenvalue weighted by Crippen LogP contribution is -2.38. The Morgan fingerprint density at radius 3 is 3.10 bits per heavy atom. The summed E-state index contributed by atoms with van der Waals surface area (Å²) in [6.45, 7) is 7.88. The predicted molar refractivity (Wildman–Crippen MR) is 82.5 cm³/mol. The van der Waals surface area contributed by atoms with Gasteiger partial charge < -0.3 is 10.1 Å². The molecule has 2 heterocycles. The summed E-state index contributed by atoms with van der Waals surface area (Å²) >= 11 is 0. The maximum absolute atomic E-state index is 5.58. The number of ether oxygens (including phenoxy) is 1. The molecule has 1 aromatic carbocycles. The van der Waals surface area contributed by atoms with Crippen LogP contribution in [0.15, 0.2) is 18.2 Å². The maximum Gasteiger partial charge on any atom is 0.122 e. The van der Waals surface area contributed by atoms with Crippen molar-refractivity contribution < 1.29 is 4.74 Å². The number of hydrogen-bond donors (Lipinski definition) is 1. The number of benzene rings is 1. The van der Waals surface area contributed by atoms with Crippen LogP contribution in [0.25, 0.3) is 0 Å². The molecule has 2 aliphatic heterocycles. The topological polar surface area (TPSA) is 24.5 Å². The third kappa shape index (κ3) is 3.15. The molecule has 1 unspecified atom stereocenters. The van der Waals surface area contributed by atoms with Gasteiger partial charge in [-0.15, -0.1) is 0 Å². The van der Waals surface area contributed by atoms with E-state index >= 15 is 0 Å². The maximum atomic E-state index is 5.58. The van der Waals surface area contributed by atoms with E-state index in [2.05, 4.69) is 35.3 Å². The van der Waals surface area contributed by atoms with Gasteiger partial charge in [-0.25, -0.2) is 0 Å². The highest BCUT2D eigenvalue weighted by Crippen LogP contribution is 2.26. The second kappa shape index (κ2) is 6.59. The number of fused-ring (bicyclic) bond motifs is 1. The minimum Gasteiger partial charge on any atom is -0.493 e. The molecule has 0 saturated carbocycles. The van der Waals surface area contributed by atoms with Gasteiger partial charge in [-0.3, -0.25) is 4.90 Å². The molecule has 0 bridgehead atoms. The summed E-state index contributed by atoms with van der Waals surface area (Å²) in [6.07, 6.45) is 4.78. The van der Waals surface area contributed by atoms with E-state index < -0.39 is 0 Å². The van der Waals surface area contributed by atoms with E-state index in [1.807, 2.05) is 0 Å². The first-order chi connectivity index (χ1) is 9.86. The SMILES string of the molecule is CCCN(CCc1ccc2c(c1)CCO2)C1CCNC1. The molecule has 3 rings (SSSR count). The van der Waals surface area contributed by atoms with Crippen LogP contribution in [0, 0.1) is 0 Å². The van der Waals surface area contributed by atoms with E-state index in [9.17, 15) is 0 Å². The summed E-state index contributed by atoms with van der Waals surface area (Å²) in [5, 5.41) is 3.49. The molecule has 0 radical (unpaired) electrons. The molecule has 0 aromatic heterocycles. The lowest BCUT2D eigenvalue weighted by Gasteiger charge is -2.28. The highest BCUT2D eigenvalue weighted by atomic mass is 16.5. The fourth-order valence-electron chi connectivity index (χ4n) is 3.38. The Bertz CT molecular complexity index is 441. The molecule has 3 heteroatoms. The third-order valence-corrected chi connectivity index (χ3v) is 4.50. The largest absolute Gasteiger partial charge is 0.493 e. The van der Waals surface area contributed by atoms with Gasteiger partial charge in [0.1, 0.15) is 5.75 Å². The second-order valence-corrected chi connectivity index (χ2v) is 5.97. The number of nitrogens with one attached hydrogen (secondary N) is 1. The molecule has 110 valence electrons. The van der Waals surface area contributed by atoms with Crippen LogP contribution in [0.4, 0.5) is 0 Å². The molecule has 0 aliphatic carbocycles. The van der Waals surface area contributed by atoms with Crippen LogP contribution < -0.4 is 10.1 Å². The van der Waals surface area contributed by atoms with Crippen molar-refractivity contribution in [2.75, 3.05) is 32.8 Å². The Kier molecular flexibility index (Phi) is 4.58. The van der Waals surface area contributed by atoms with E-state index in [-0.39, 0.29) is 0 Å². The van der Waals surface area contributed by atoms with Crippen LogP contribution in [-0.2, 0) is 12.8 Å². The highest BCUT2D eigenvalue weighted by molar-refractivity contribution is 5.39. The van der Waals surface area contributed by atoms with Crippen molar-refractivity contribution in [3.8, 4) is 5.75 Å². The molecule has 20 heavy (non-hydrogen) atoms. The molecular formula is C17H26N2O. The van der Waals surface area contributed by atoms with Crippen LogP contribution in [0.1, 0.15) is 30.9 Å². The van der Waals surface area contributed by atoms with Crippen LogP contribution in [0.2, 0.25) is 0 Å². The van der Waals surface area contributed by atoms with Crippen molar-refractivity contribution in [1.82, 2.24) is 10.2 Å². The molecule has 1 aromatic rings. The van der Waals surface area contributed by atoms with Gasteiger partial charge in [0.25, 0.3) is 0 Å².